The lowest BCUT2D eigenvalue weighted by molar-refractivity contribution is 0.412. The lowest BCUT2D eigenvalue weighted by Crippen LogP contribution is -2.18. The van der Waals surface area contributed by atoms with E-state index in [1.165, 1.54) is 12.1 Å². The zero-order chi connectivity index (χ0) is 22.9. The lowest BCUT2D eigenvalue weighted by Gasteiger charge is -2.23. The van der Waals surface area contributed by atoms with Gasteiger partial charge in [0.25, 0.3) is 0 Å². The summed E-state index contributed by atoms with van der Waals surface area (Å²) in [6, 6.07) is 6.68. The topological polar surface area (TPSA) is 70.7 Å². The van der Waals surface area contributed by atoms with Crippen LogP contribution in [-0.2, 0) is 6.54 Å². The number of ether oxygens (including phenoxy) is 1. The van der Waals surface area contributed by atoms with Crippen molar-refractivity contribution in [3.05, 3.63) is 81.9 Å². The second kappa shape index (κ2) is 8.90. The molecule has 0 saturated carbocycles. The van der Waals surface area contributed by atoms with Crippen LogP contribution in [0, 0.1) is 12.7 Å². The molecule has 0 bridgehead atoms. The molecule has 1 aliphatic heterocycles. The molecule has 1 atom stereocenters. The monoisotopic (exact) mass is 508 g/mol. The van der Waals surface area contributed by atoms with Crippen molar-refractivity contribution in [2.75, 3.05) is 7.11 Å². The van der Waals surface area contributed by atoms with Crippen LogP contribution in [0.3, 0.4) is 0 Å². The smallest absolute Gasteiger partial charge is 0.174 e. The fourth-order valence-electron chi connectivity index (χ4n) is 4.12. The number of pyridine rings is 1. The average Bonchev–Trinajstić information content (AvgIpc) is 3.43. The van der Waals surface area contributed by atoms with Crippen LogP contribution in [0.1, 0.15) is 47.4 Å². The Bertz CT molecular complexity index is 1340. The number of rotatable bonds is 5. The van der Waals surface area contributed by atoms with E-state index in [2.05, 4.69) is 31.0 Å². The van der Waals surface area contributed by atoms with Crippen molar-refractivity contribution in [2.24, 2.45) is 0 Å². The Labute approximate surface area is 199 Å². The number of benzene rings is 1. The summed E-state index contributed by atoms with van der Waals surface area (Å²) in [5.41, 5.74) is 3.50. The van der Waals surface area contributed by atoms with Gasteiger partial charge >= 0.3 is 0 Å². The van der Waals surface area contributed by atoms with Crippen LogP contribution < -0.4 is 4.74 Å². The quantitative estimate of drug-likeness (QED) is 0.371. The summed E-state index contributed by atoms with van der Waals surface area (Å²) in [6.45, 7) is 2.75. The first-order valence-electron chi connectivity index (χ1n) is 10.6. The molecule has 4 heterocycles. The SMILES string of the molecule is COc1cc(/C=C/c2nc3n(n2)CCC[C@H]3c2ccc(F)cc2Br)ncc1-n1cnc(C)c1. The van der Waals surface area contributed by atoms with E-state index in [-0.39, 0.29) is 11.7 Å². The van der Waals surface area contributed by atoms with E-state index < -0.39 is 0 Å². The molecule has 0 amide bonds. The second-order valence-electron chi connectivity index (χ2n) is 7.95. The van der Waals surface area contributed by atoms with Gasteiger partial charge in [-0.25, -0.2) is 19.0 Å². The van der Waals surface area contributed by atoms with E-state index in [1.54, 1.807) is 19.6 Å². The Morgan fingerprint density at radius 3 is 2.85 bits per heavy atom. The molecule has 0 saturated heterocycles. The van der Waals surface area contributed by atoms with Crippen LogP contribution >= 0.6 is 15.9 Å². The molecule has 4 aromatic rings. The number of hydrogen-bond donors (Lipinski definition) is 0. The Morgan fingerprint density at radius 2 is 2.09 bits per heavy atom. The number of nitrogens with zero attached hydrogens (tertiary/aromatic N) is 6. The third-order valence-electron chi connectivity index (χ3n) is 5.71. The Hall–Kier alpha value is -3.33. The summed E-state index contributed by atoms with van der Waals surface area (Å²) in [5, 5.41) is 4.66. The van der Waals surface area contributed by atoms with Gasteiger partial charge in [-0.2, -0.15) is 5.10 Å². The van der Waals surface area contributed by atoms with Crippen LogP contribution in [0.15, 0.2) is 47.5 Å². The number of aromatic nitrogens is 6. The zero-order valence-corrected chi connectivity index (χ0v) is 19.8. The number of imidazole rings is 1. The van der Waals surface area contributed by atoms with Crippen LogP contribution in [0.25, 0.3) is 17.8 Å². The predicted octanol–water partition coefficient (Wildman–Crippen LogP) is 5.17. The van der Waals surface area contributed by atoms with Gasteiger partial charge < -0.3 is 9.30 Å². The molecular formula is C24H22BrFN6O. The normalized spacial score (nSPS) is 15.7. The van der Waals surface area contributed by atoms with E-state index in [9.17, 15) is 4.39 Å². The number of methoxy groups -OCH3 is 1. The Balaban J connectivity index is 1.42. The first-order valence-corrected chi connectivity index (χ1v) is 11.4. The predicted molar refractivity (Wildman–Crippen MR) is 127 cm³/mol. The van der Waals surface area contributed by atoms with Gasteiger partial charge in [0.15, 0.2) is 5.82 Å². The van der Waals surface area contributed by atoms with E-state index in [0.717, 1.165) is 52.3 Å². The minimum absolute atomic E-state index is 0.0690. The highest BCUT2D eigenvalue weighted by atomic mass is 79.9. The summed E-state index contributed by atoms with van der Waals surface area (Å²) >= 11 is 3.50. The van der Waals surface area contributed by atoms with Crippen LogP contribution in [0.5, 0.6) is 5.75 Å². The van der Waals surface area contributed by atoms with Crippen molar-refractivity contribution >= 4 is 28.1 Å². The summed E-state index contributed by atoms with van der Waals surface area (Å²) in [5.74, 6) is 2.01. The van der Waals surface area contributed by atoms with E-state index in [0.29, 0.717) is 11.6 Å². The molecule has 3 aromatic heterocycles. The van der Waals surface area contributed by atoms with Crippen LogP contribution in [-0.4, -0.2) is 36.4 Å². The molecule has 33 heavy (non-hydrogen) atoms. The van der Waals surface area contributed by atoms with Gasteiger partial charge in [0.05, 0.1) is 31.0 Å². The van der Waals surface area contributed by atoms with Crippen molar-refractivity contribution in [3.63, 3.8) is 0 Å². The minimum Gasteiger partial charge on any atom is -0.494 e. The molecule has 0 N–H and O–H groups in total. The summed E-state index contributed by atoms with van der Waals surface area (Å²) in [4.78, 5) is 13.6. The fourth-order valence-corrected chi connectivity index (χ4v) is 4.75. The van der Waals surface area contributed by atoms with Gasteiger partial charge in [-0.3, -0.25) is 4.98 Å². The van der Waals surface area contributed by atoms with Gasteiger partial charge in [0.2, 0.25) is 0 Å². The molecule has 0 unspecified atom stereocenters. The van der Waals surface area contributed by atoms with Crippen molar-refractivity contribution in [1.82, 2.24) is 29.3 Å². The average molecular weight is 509 g/mol. The molecule has 1 aromatic carbocycles. The number of fused-ring (bicyclic) bond motifs is 1. The Morgan fingerprint density at radius 1 is 1.21 bits per heavy atom. The standard InChI is InChI=1S/C24H22BrFN6O/c1-15-13-31(14-28-15)21-12-27-17(11-22(21)33-2)6-8-23-29-24-19(4-3-9-32(24)30-23)18-7-5-16(26)10-20(18)25/h5-8,10-14,19H,3-4,9H2,1-2H3/b8-6+/t19-/m0/s1. The molecule has 9 heteroatoms. The first-order chi connectivity index (χ1) is 16.0. The van der Waals surface area contributed by atoms with Crippen molar-refractivity contribution in [2.45, 2.75) is 32.2 Å². The second-order valence-corrected chi connectivity index (χ2v) is 8.80. The first kappa shape index (κ1) is 21.5. The van der Waals surface area contributed by atoms with Crippen LogP contribution in [0.2, 0.25) is 0 Å². The highest BCUT2D eigenvalue weighted by Crippen LogP contribution is 2.36. The van der Waals surface area contributed by atoms with Crippen molar-refractivity contribution in [3.8, 4) is 11.4 Å². The largest absolute Gasteiger partial charge is 0.494 e. The zero-order valence-electron chi connectivity index (χ0n) is 18.2. The third-order valence-corrected chi connectivity index (χ3v) is 6.40. The van der Waals surface area contributed by atoms with Gasteiger partial charge in [0, 0.05) is 29.2 Å². The van der Waals surface area contributed by atoms with E-state index in [4.69, 9.17) is 9.72 Å². The Kier molecular flexibility index (Phi) is 5.80. The molecule has 0 aliphatic carbocycles. The molecular weight excluding hydrogens is 487 g/mol. The van der Waals surface area contributed by atoms with Crippen molar-refractivity contribution < 1.29 is 9.13 Å². The number of aryl methyl sites for hydroxylation is 2. The maximum atomic E-state index is 13.6. The van der Waals surface area contributed by atoms with Gasteiger partial charge in [-0.05, 0) is 49.6 Å². The summed E-state index contributed by atoms with van der Waals surface area (Å²) < 4.78 is 23.7. The third kappa shape index (κ3) is 4.32. The minimum atomic E-state index is -0.261. The molecule has 0 fully saturated rings. The van der Waals surface area contributed by atoms with Gasteiger partial charge in [-0.1, -0.05) is 22.0 Å². The van der Waals surface area contributed by atoms with Crippen molar-refractivity contribution in [1.29, 1.82) is 0 Å². The molecule has 168 valence electrons. The summed E-state index contributed by atoms with van der Waals surface area (Å²) in [7, 11) is 1.63. The maximum Gasteiger partial charge on any atom is 0.174 e. The molecule has 1 aliphatic rings. The number of hydrogen-bond acceptors (Lipinski definition) is 5. The highest BCUT2D eigenvalue weighted by Gasteiger charge is 2.27. The fraction of sp³-hybridized carbons (Fsp3) is 0.250. The van der Waals surface area contributed by atoms with Gasteiger partial charge in [0.1, 0.15) is 23.1 Å². The van der Waals surface area contributed by atoms with E-state index >= 15 is 0 Å². The summed E-state index contributed by atoms with van der Waals surface area (Å²) in [6.07, 6.45) is 11.1. The van der Waals surface area contributed by atoms with E-state index in [1.807, 2.05) is 46.7 Å². The highest BCUT2D eigenvalue weighted by molar-refractivity contribution is 9.10. The molecule has 0 radical (unpaired) electrons. The molecule has 0 spiro atoms. The molecule has 7 nitrogen and oxygen atoms in total. The number of halogens is 2. The lowest BCUT2D eigenvalue weighted by atomic mass is 9.91. The van der Waals surface area contributed by atoms with Gasteiger partial charge in [-0.15, -0.1) is 0 Å². The molecule has 5 rings (SSSR count). The van der Waals surface area contributed by atoms with Crippen LogP contribution in [0.4, 0.5) is 4.39 Å². The maximum absolute atomic E-state index is 13.6.